The predicted molar refractivity (Wildman–Crippen MR) is 89.6 cm³/mol. The van der Waals surface area contributed by atoms with E-state index >= 15 is 0 Å². The number of rotatable bonds is 5. The first-order chi connectivity index (χ1) is 10.0. The topological polar surface area (TPSA) is 43.1 Å². The van der Waals surface area contributed by atoms with Gasteiger partial charge in [0.1, 0.15) is 0 Å². The molecule has 21 heavy (non-hydrogen) atoms. The number of aryl methyl sites for hydroxylation is 1. The van der Waals surface area contributed by atoms with Gasteiger partial charge in [-0.1, -0.05) is 56.3 Å². The van der Waals surface area contributed by atoms with Gasteiger partial charge >= 0.3 is 0 Å². The summed E-state index contributed by atoms with van der Waals surface area (Å²) in [4.78, 5) is 0.861. The Morgan fingerprint density at radius 3 is 2.24 bits per heavy atom. The van der Waals surface area contributed by atoms with E-state index in [-0.39, 0.29) is 17.2 Å². The first kappa shape index (κ1) is 15.9. The molecule has 0 saturated carbocycles. The molecule has 0 heterocycles. The zero-order valence-corrected chi connectivity index (χ0v) is 13.6. The summed E-state index contributed by atoms with van der Waals surface area (Å²) in [6.07, 6.45) is 0. The third kappa shape index (κ3) is 3.80. The highest BCUT2D eigenvalue weighted by Gasteiger charge is 2.29. The van der Waals surface area contributed by atoms with Crippen LogP contribution in [0.4, 0.5) is 0 Å². The molecule has 0 aliphatic rings. The van der Waals surface area contributed by atoms with E-state index in [9.17, 15) is 4.21 Å². The van der Waals surface area contributed by atoms with Gasteiger partial charge in [-0.05, 0) is 36.1 Å². The van der Waals surface area contributed by atoms with Crippen LogP contribution in [0.15, 0.2) is 59.5 Å². The Morgan fingerprint density at radius 1 is 1.00 bits per heavy atom. The first-order valence-corrected chi connectivity index (χ1v) is 8.49. The van der Waals surface area contributed by atoms with E-state index in [1.807, 2.05) is 61.5 Å². The standard InChI is InChI=1S/C18H23NOS/c1-13(2)18(17(19)15-9-5-4-6-10-15)21(20)16-11-7-8-14(3)12-16/h4-13,17-18H,19H2,1-3H3. The van der Waals surface area contributed by atoms with Gasteiger partial charge in [-0.25, -0.2) is 0 Å². The van der Waals surface area contributed by atoms with Gasteiger partial charge in [-0.2, -0.15) is 0 Å². The summed E-state index contributed by atoms with van der Waals surface area (Å²) in [5.74, 6) is 0.238. The Balaban J connectivity index is 2.33. The first-order valence-electron chi connectivity index (χ1n) is 7.28. The molecule has 2 aromatic carbocycles. The lowest BCUT2D eigenvalue weighted by atomic mass is 9.97. The Bertz CT molecular complexity index is 610. The van der Waals surface area contributed by atoms with Crippen LogP contribution in [0, 0.1) is 12.8 Å². The van der Waals surface area contributed by atoms with Crippen LogP contribution in [0.5, 0.6) is 0 Å². The van der Waals surface area contributed by atoms with Crippen LogP contribution in [0.1, 0.15) is 31.0 Å². The molecule has 0 aromatic heterocycles. The molecule has 2 nitrogen and oxygen atoms in total. The molecule has 2 aromatic rings. The maximum Gasteiger partial charge on any atom is 0.0610 e. The highest BCUT2D eigenvalue weighted by molar-refractivity contribution is 7.85. The molecule has 0 bridgehead atoms. The van der Waals surface area contributed by atoms with Crippen molar-refractivity contribution in [2.75, 3.05) is 0 Å². The molecule has 2 N–H and O–H groups in total. The van der Waals surface area contributed by atoms with Crippen molar-refractivity contribution in [1.29, 1.82) is 0 Å². The van der Waals surface area contributed by atoms with Gasteiger partial charge in [0.15, 0.2) is 0 Å². The minimum absolute atomic E-state index is 0.103. The van der Waals surface area contributed by atoms with Crippen molar-refractivity contribution >= 4 is 10.8 Å². The van der Waals surface area contributed by atoms with E-state index in [0.717, 1.165) is 16.0 Å². The predicted octanol–water partition coefficient (Wildman–Crippen LogP) is 3.83. The second-order valence-electron chi connectivity index (χ2n) is 5.76. The van der Waals surface area contributed by atoms with Crippen LogP contribution >= 0.6 is 0 Å². The molecule has 3 heteroatoms. The summed E-state index contributed by atoms with van der Waals surface area (Å²) in [7, 11) is -1.12. The quantitative estimate of drug-likeness (QED) is 0.912. The van der Waals surface area contributed by atoms with E-state index in [4.69, 9.17) is 5.73 Å². The molecular weight excluding hydrogens is 278 g/mol. The Kier molecular flexibility index (Phi) is 5.32. The third-order valence-electron chi connectivity index (χ3n) is 3.66. The van der Waals surface area contributed by atoms with Crippen molar-refractivity contribution in [3.63, 3.8) is 0 Å². The maximum absolute atomic E-state index is 13.0. The summed E-state index contributed by atoms with van der Waals surface area (Å²) < 4.78 is 13.0. The minimum atomic E-state index is -1.12. The van der Waals surface area contributed by atoms with Crippen molar-refractivity contribution < 1.29 is 4.21 Å². The minimum Gasteiger partial charge on any atom is -0.323 e. The van der Waals surface area contributed by atoms with E-state index < -0.39 is 10.8 Å². The van der Waals surface area contributed by atoms with Crippen LogP contribution in [0.3, 0.4) is 0 Å². The van der Waals surface area contributed by atoms with E-state index in [2.05, 4.69) is 13.8 Å². The van der Waals surface area contributed by atoms with Gasteiger partial charge in [-0.15, -0.1) is 0 Å². The zero-order valence-electron chi connectivity index (χ0n) is 12.8. The van der Waals surface area contributed by atoms with E-state index in [1.54, 1.807) is 0 Å². The summed E-state index contributed by atoms with van der Waals surface area (Å²) in [6, 6.07) is 17.6. The van der Waals surface area contributed by atoms with Crippen LogP contribution < -0.4 is 5.73 Å². The number of hydrogen-bond acceptors (Lipinski definition) is 2. The van der Waals surface area contributed by atoms with Gasteiger partial charge in [0, 0.05) is 10.9 Å². The monoisotopic (exact) mass is 301 g/mol. The molecule has 112 valence electrons. The lowest BCUT2D eigenvalue weighted by Crippen LogP contribution is -2.34. The second-order valence-corrected chi connectivity index (χ2v) is 7.37. The average Bonchev–Trinajstić information content (AvgIpc) is 2.47. The Labute approximate surface area is 129 Å². The molecular formula is C18H23NOS. The summed E-state index contributed by atoms with van der Waals surface area (Å²) in [5, 5.41) is -0.103. The van der Waals surface area contributed by atoms with Gasteiger partial charge in [0.25, 0.3) is 0 Å². The smallest absolute Gasteiger partial charge is 0.0610 e. The molecule has 0 amide bonds. The van der Waals surface area contributed by atoms with Crippen molar-refractivity contribution in [1.82, 2.24) is 0 Å². The van der Waals surface area contributed by atoms with Crippen molar-refractivity contribution in [2.45, 2.75) is 37.0 Å². The van der Waals surface area contributed by atoms with Gasteiger partial charge < -0.3 is 5.73 Å². The average molecular weight is 301 g/mol. The van der Waals surface area contributed by atoms with Crippen LogP contribution in [-0.4, -0.2) is 9.46 Å². The van der Waals surface area contributed by atoms with Gasteiger partial charge in [-0.3, -0.25) is 4.21 Å². The fourth-order valence-corrected chi connectivity index (χ4v) is 4.30. The zero-order chi connectivity index (χ0) is 15.4. The fourth-order valence-electron chi connectivity index (χ4n) is 2.56. The highest BCUT2D eigenvalue weighted by Crippen LogP contribution is 2.28. The van der Waals surface area contributed by atoms with Crippen molar-refractivity contribution in [3.05, 3.63) is 65.7 Å². The lowest BCUT2D eigenvalue weighted by molar-refractivity contribution is 0.510. The van der Waals surface area contributed by atoms with E-state index in [0.29, 0.717) is 0 Å². The van der Waals surface area contributed by atoms with Gasteiger partial charge in [0.2, 0.25) is 0 Å². The SMILES string of the molecule is Cc1cccc(S(=O)C(C(C)C)C(N)c2ccccc2)c1. The normalized spacial score (nSPS) is 15.7. The maximum atomic E-state index is 13.0. The van der Waals surface area contributed by atoms with Crippen molar-refractivity contribution in [2.24, 2.45) is 11.7 Å². The van der Waals surface area contributed by atoms with Crippen LogP contribution in [-0.2, 0) is 10.8 Å². The molecule has 3 atom stereocenters. The summed E-state index contributed by atoms with van der Waals surface area (Å²) in [5.41, 5.74) is 8.58. The van der Waals surface area contributed by atoms with E-state index in [1.165, 1.54) is 0 Å². The molecule has 0 saturated heterocycles. The molecule has 0 aliphatic heterocycles. The molecule has 3 unspecified atom stereocenters. The Hall–Kier alpha value is -1.45. The number of benzene rings is 2. The van der Waals surface area contributed by atoms with Crippen molar-refractivity contribution in [3.8, 4) is 0 Å². The largest absolute Gasteiger partial charge is 0.323 e. The number of nitrogens with two attached hydrogens (primary N) is 1. The molecule has 0 fully saturated rings. The molecule has 0 spiro atoms. The highest BCUT2D eigenvalue weighted by atomic mass is 32.2. The Morgan fingerprint density at radius 2 is 1.67 bits per heavy atom. The second kappa shape index (κ2) is 7.01. The molecule has 0 radical (unpaired) electrons. The summed E-state index contributed by atoms with van der Waals surface area (Å²) >= 11 is 0. The summed E-state index contributed by atoms with van der Waals surface area (Å²) in [6.45, 7) is 6.19. The van der Waals surface area contributed by atoms with Crippen LogP contribution in [0.2, 0.25) is 0 Å². The van der Waals surface area contributed by atoms with Gasteiger partial charge in [0.05, 0.1) is 16.0 Å². The third-order valence-corrected chi connectivity index (χ3v) is 5.72. The van der Waals surface area contributed by atoms with Crippen LogP contribution in [0.25, 0.3) is 0 Å². The lowest BCUT2D eigenvalue weighted by Gasteiger charge is -2.27. The molecule has 2 rings (SSSR count). The number of hydrogen-bond donors (Lipinski definition) is 1. The fraction of sp³-hybridized carbons (Fsp3) is 0.333. The molecule has 0 aliphatic carbocycles.